The predicted octanol–water partition coefficient (Wildman–Crippen LogP) is 4.39. The largest absolute Gasteiger partial charge is 0.368 e. The maximum Gasteiger partial charge on any atom is 0.294 e. The molecular formula is C30H30ClN5O4. The molecule has 2 aliphatic rings. The van der Waals surface area contributed by atoms with Crippen molar-refractivity contribution in [1.29, 1.82) is 0 Å². The number of fused-ring (bicyclic) bond motifs is 1. The Morgan fingerprint density at radius 3 is 2.55 bits per heavy atom. The van der Waals surface area contributed by atoms with Crippen LogP contribution in [0.5, 0.6) is 0 Å². The smallest absolute Gasteiger partial charge is 0.294 e. The van der Waals surface area contributed by atoms with Gasteiger partial charge in [-0.1, -0.05) is 23.7 Å². The summed E-state index contributed by atoms with van der Waals surface area (Å²) in [4.78, 5) is 54.1. The number of carbonyl (C=O) groups is 2. The lowest BCUT2D eigenvalue weighted by Gasteiger charge is -2.35. The number of likely N-dealkylation sites (N-methyl/N-ethyl adjacent to an activating group) is 1. The van der Waals surface area contributed by atoms with Gasteiger partial charge in [0.2, 0.25) is 6.26 Å². The number of para-hydroxylation sites is 1. The minimum absolute atomic E-state index is 0.129. The zero-order valence-electron chi connectivity index (χ0n) is 22.3. The molecule has 9 nitrogen and oxygen atoms in total. The monoisotopic (exact) mass is 559 g/mol. The number of rotatable bonds is 6. The number of aryl methyl sites for hydroxylation is 1. The van der Waals surface area contributed by atoms with Crippen LogP contribution in [0.1, 0.15) is 39.1 Å². The molecule has 0 atom stereocenters. The van der Waals surface area contributed by atoms with Gasteiger partial charge >= 0.3 is 0 Å². The highest BCUT2D eigenvalue weighted by Gasteiger charge is 2.27. The fourth-order valence-corrected chi connectivity index (χ4v) is 5.28. The van der Waals surface area contributed by atoms with Gasteiger partial charge in [0.1, 0.15) is 0 Å². The van der Waals surface area contributed by atoms with Crippen molar-refractivity contribution in [3.63, 3.8) is 0 Å². The van der Waals surface area contributed by atoms with Crippen molar-refractivity contribution < 1.29 is 19.2 Å². The van der Waals surface area contributed by atoms with Crippen LogP contribution < -0.4 is 14.9 Å². The summed E-state index contributed by atoms with van der Waals surface area (Å²) in [7, 11) is 2.07. The highest BCUT2D eigenvalue weighted by Crippen LogP contribution is 2.31. The van der Waals surface area contributed by atoms with Crippen LogP contribution >= 0.6 is 11.6 Å². The van der Waals surface area contributed by atoms with E-state index in [-0.39, 0.29) is 11.7 Å². The number of hydrogen-bond acceptors (Lipinski definition) is 7. The Hall–Kier alpha value is -4.17. The molecule has 0 radical (unpaired) electrons. The van der Waals surface area contributed by atoms with Gasteiger partial charge < -0.3 is 19.5 Å². The molecule has 0 N–H and O–H groups in total. The highest BCUT2D eigenvalue weighted by molar-refractivity contribution is 6.30. The van der Waals surface area contributed by atoms with Crippen LogP contribution in [0.2, 0.25) is 5.02 Å². The fourth-order valence-electron chi connectivity index (χ4n) is 5.09. The first-order valence-electron chi connectivity index (χ1n) is 13.3. The van der Waals surface area contributed by atoms with E-state index in [0.717, 1.165) is 73.7 Å². The van der Waals surface area contributed by atoms with Gasteiger partial charge in [-0.15, -0.1) is 5.06 Å². The molecule has 0 saturated carbocycles. The molecule has 206 valence electrons. The molecule has 0 bridgehead atoms. The molecule has 2 amide bonds. The average molecular weight is 560 g/mol. The van der Waals surface area contributed by atoms with Crippen molar-refractivity contribution >= 4 is 46.5 Å². The number of pyridine rings is 1. The first-order valence-corrected chi connectivity index (χ1v) is 13.6. The number of hydroxylamine groups is 1. The quantitative estimate of drug-likeness (QED) is 0.251. The third-order valence-electron chi connectivity index (χ3n) is 7.23. The van der Waals surface area contributed by atoms with E-state index in [4.69, 9.17) is 16.4 Å². The Balaban J connectivity index is 1.41. The van der Waals surface area contributed by atoms with E-state index in [1.165, 1.54) is 12.3 Å². The Morgan fingerprint density at radius 1 is 1.00 bits per heavy atom. The SMILES string of the molecule is CN1CCN(c2ccccc2C(=O)N(OC=C=O)c2ccc(C(=O)N3CCCCc4cc(Cl)ccc43)cn2)CC1. The number of piperazine rings is 1. The van der Waals surface area contributed by atoms with Crippen molar-refractivity contribution in [2.45, 2.75) is 19.3 Å². The number of aromatic nitrogens is 1. The Kier molecular flexibility index (Phi) is 8.45. The Morgan fingerprint density at radius 2 is 1.80 bits per heavy atom. The highest BCUT2D eigenvalue weighted by atomic mass is 35.5. The summed E-state index contributed by atoms with van der Waals surface area (Å²) in [5.74, 6) is 0.981. The van der Waals surface area contributed by atoms with Crippen molar-refractivity contribution in [2.24, 2.45) is 0 Å². The average Bonchev–Trinajstić information content (AvgIpc) is 3.19. The second-order valence-electron chi connectivity index (χ2n) is 9.84. The summed E-state index contributed by atoms with van der Waals surface area (Å²) in [6.45, 7) is 3.88. The molecule has 10 heteroatoms. The van der Waals surface area contributed by atoms with E-state index < -0.39 is 5.91 Å². The van der Waals surface area contributed by atoms with Crippen LogP contribution in [0.15, 0.2) is 67.1 Å². The number of carbonyl (C=O) groups excluding carboxylic acids is 3. The molecule has 5 rings (SSSR count). The van der Waals surface area contributed by atoms with E-state index in [9.17, 15) is 14.4 Å². The molecule has 1 saturated heterocycles. The summed E-state index contributed by atoms with van der Waals surface area (Å²) in [5, 5.41) is 1.58. The van der Waals surface area contributed by atoms with Gasteiger partial charge in [0.25, 0.3) is 11.8 Å². The zero-order chi connectivity index (χ0) is 28.1. The summed E-state index contributed by atoms with van der Waals surface area (Å²) in [6, 6.07) is 16.0. The normalized spacial score (nSPS) is 15.4. The van der Waals surface area contributed by atoms with Gasteiger partial charge in [-0.25, -0.2) is 9.78 Å². The van der Waals surface area contributed by atoms with Gasteiger partial charge in [0, 0.05) is 55.3 Å². The standard InChI is InChI=1S/C30H30ClN5O4/c1-33-14-16-34(17-15-33)27-8-3-2-7-25(27)30(39)36(40-19-18-37)28-12-9-23(21-32-28)29(38)35-13-5-4-6-22-20-24(31)10-11-26(22)35/h2-3,7-12,19-21H,4-6,13-17H2,1H3. The van der Waals surface area contributed by atoms with E-state index in [1.54, 1.807) is 35.1 Å². The van der Waals surface area contributed by atoms with E-state index in [1.807, 2.05) is 24.3 Å². The number of nitrogens with zero attached hydrogens (tertiary/aromatic N) is 5. The lowest BCUT2D eigenvalue weighted by Crippen LogP contribution is -2.45. The first kappa shape index (κ1) is 27.4. The van der Waals surface area contributed by atoms with Gasteiger partial charge in [0.05, 0.1) is 11.1 Å². The molecule has 0 spiro atoms. The van der Waals surface area contributed by atoms with E-state index in [2.05, 4.69) is 21.8 Å². The molecule has 40 heavy (non-hydrogen) atoms. The number of hydrogen-bond donors (Lipinski definition) is 0. The second kappa shape index (κ2) is 12.3. The lowest BCUT2D eigenvalue weighted by atomic mass is 10.1. The number of amides is 2. The van der Waals surface area contributed by atoms with E-state index >= 15 is 0 Å². The lowest BCUT2D eigenvalue weighted by molar-refractivity contribution is 0.0829. The molecule has 2 aromatic carbocycles. The minimum Gasteiger partial charge on any atom is -0.368 e. The number of benzene rings is 2. The van der Waals surface area contributed by atoms with Crippen LogP contribution in [0.25, 0.3) is 0 Å². The Labute approximate surface area is 238 Å². The fraction of sp³-hybridized carbons (Fsp3) is 0.300. The van der Waals surface area contributed by atoms with Crippen molar-refractivity contribution in [1.82, 2.24) is 9.88 Å². The zero-order valence-corrected chi connectivity index (χ0v) is 23.0. The summed E-state index contributed by atoms with van der Waals surface area (Å²) >= 11 is 6.20. The predicted molar refractivity (Wildman–Crippen MR) is 155 cm³/mol. The number of anilines is 3. The van der Waals surface area contributed by atoms with Crippen LogP contribution in [0.3, 0.4) is 0 Å². The molecular weight excluding hydrogens is 530 g/mol. The molecule has 3 heterocycles. The maximum atomic E-state index is 13.7. The maximum absolute atomic E-state index is 13.7. The van der Waals surface area contributed by atoms with Crippen molar-refractivity contribution in [3.8, 4) is 0 Å². The first-order chi connectivity index (χ1) is 19.5. The van der Waals surface area contributed by atoms with Gasteiger partial charge in [-0.05, 0) is 74.3 Å². The van der Waals surface area contributed by atoms with Gasteiger partial charge in [-0.3, -0.25) is 9.59 Å². The van der Waals surface area contributed by atoms with Crippen LogP contribution in [-0.4, -0.2) is 67.4 Å². The third kappa shape index (κ3) is 5.87. The molecule has 0 unspecified atom stereocenters. The van der Waals surface area contributed by atoms with Gasteiger partial charge in [0.15, 0.2) is 11.8 Å². The van der Waals surface area contributed by atoms with Crippen LogP contribution in [0, 0.1) is 0 Å². The van der Waals surface area contributed by atoms with Crippen molar-refractivity contribution in [2.75, 3.05) is 54.6 Å². The number of halogens is 1. The topological polar surface area (TPSA) is 86.3 Å². The molecule has 1 aromatic heterocycles. The summed E-state index contributed by atoms with van der Waals surface area (Å²) < 4.78 is 0. The van der Waals surface area contributed by atoms with Crippen molar-refractivity contribution in [3.05, 3.63) is 88.8 Å². The molecule has 0 aliphatic carbocycles. The Bertz CT molecular complexity index is 1430. The summed E-state index contributed by atoms with van der Waals surface area (Å²) in [5.41, 5.74) is 3.42. The third-order valence-corrected chi connectivity index (χ3v) is 7.46. The second-order valence-corrected chi connectivity index (χ2v) is 10.3. The van der Waals surface area contributed by atoms with E-state index in [0.29, 0.717) is 22.7 Å². The van der Waals surface area contributed by atoms with Crippen LogP contribution in [0.4, 0.5) is 17.2 Å². The molecule has 3 aromatic rings. The van der Waals surface area contributed by atoms with Gasteiger partial charge in [-0.2, -0.15) is 0 Å². The minimum atomic E-state index is -0.495. The molecule has 1 fully saturated rings. The summed E-state index contributed by atoms with van der Waals surface area (Å²) in [6.07, 6.45) is 4.85. The molecule has 2 aliphatic heterocycles. The van der Waals surface area contributed by atoms with Crippen LogP contribution in [-0.2, 0) is 16.1 Å².